The second-order valence-electron chi connectivity index (χ2n) is 6.58. The van der Waals surface area contributed by atoms with Gasteiger partial charge >= 0.3 is 0 Å². The third-order valence-corrected chi connectivity index (χ3v) is 5.59. The predicted octanol–water partition coefficient (Wildman–Crippen LogP) is 3.72. The normalized spacial score (nSPS) is 14.9. The van der Waals surface area contributed by atoms with Gasteiger partial charge in [0, 0.05) is 32.7 Å². The number of piperazine rings is 1. The SMILES string of the molecule is O=C(Nc1ccc(N2CCN(Cc3ccccc3)CC2)cn1)c1cccs1. The van der Waals surface area contributed by atoms with Crippen LogP contribution in [-0.2, 0) is 6.54 Å². The summed E-state index contributed by atoms with van der Waals surface area (Å²) < 4.78 is 0. The number of aromatic nitrogens is 1. The van der Waals surface area contributed by atoms with Crippen LogP contribution in [0.2, 0.25) is 0 Å². The van der Waals surface area contributed by atoms with E-state index in [-0.39, 0.29) is 5.91 Å². The molecule has 1 N–H and O–H groups in total. The molecule has 2 aromatic heterocycles. The van der Waals surface area contributed by atoms with Crippen LogP contribution < -0.4 is 10.2 Å². The predicted molar refractivity (Wildman–Crippen MR) is 110 cm³/mol. The van der Waals surface area contributed by atoms with Crippen molar-refractivity contribution in [2.24, 2.45) is 0 Å². The highest BCUT2D eigenvalue weighted by atomic mass is 32.1. The van der Waals surface area contributed by atoms with Crippen molar-refractivity contribution in [2.45, 2.75) is 6.54 Å². The fourth-order valence-corrected chi connectivity index (χ4v) is 3.86. The van der Waals surface area contributed by atoms with Crippen LogP contribution in [0.4, 0.5) is 11.5 Å². The molecule has 0 aliphatic carbocycles. The van der Waals surface area contributed by atoms with Gasteiger partial charge in [-0.2, -0.15) is 0 Å². The van der Waals surface area contributed by atoms with Gasteiger partial charge in [0.25, 0.3) is 5.91 Å². The fraction of sp³-hybridized carbons (Fsp3) is 0.238. The van der Waals surface area contributed by atoms with Gasteiger partial charge in [-0.1, -0.05) is 36.4 Å². The summed E-state index contributed by atoms with van der Waals surface area (Å²) in [5.74, 6) is 0.472. The summed E-state index contributed by atoms with van der Waals surface area (Å²) in [7, 11) is 0. The van der Waals surface area contributed by atoms with Crippen molar-refractivity contribution in [2.75, 3.05) is 36.4 Å². The van der Waals surface area contributed by atoms with Crippen molar-refractivity contribution < 1.29 is 4.79 Å². The summed E-state index contributed by atoms with van der Waals surface area (Å²) in [5.41, 5.74) is 2.46. The average Bonchev–Trinajstić information content (AvgIpc) is 3.25. The van der Waals surface area contributed by atoms with Gasteiger partial charge in [-0.15, -0.1) is 11.3 Å². The van der Waals surface area contributed by atoms with Gasteiger partial charge in [0.05, 0.1) is 16.8 Å². The minimum Gasteiger partial charge on any atom is -0.368 e. The van der Waals surface area contributed by atoms with Gasteiger partial charge in [0.2, 0.25) is 0 Å². The number of hydrogen-bond donors (Lipinski definition) is 1. The number of nitrogens with zero attached hydrogens (tertiary/aromatic N) is 3. The molecule has 5 nitrogen and oxygen atoms in total. The molecule has 3 aromatic rings. The lowest BCUT2D eigenvalue weighted by molar-refractivity contribution is 0.103. The standard InChI is InChI=1S/C21H22N4OS/c26-21(19-7-4-14-27-19)23-20-9-8-18(15-22-20)25-12-10-24(11-13-25)16-17-5-2-1-3-6-17/h1-9,14-15H,10-13,16H2,(H,22,23,26). The Labute approximate surface area is 163 Å². The zero-order valence-corrected chi connectivity index (χ0v) is 15.9. The first-order chi connectivity index (χ1) is 13.3. The molecule has 1 saturated heterocycles. The third-order valence-electron chi connectivity index (χ3n) is 4.72. The van der Waals surface area contributed by atoms with Gasteiger partial charge in [-0.05, 0) is 29.1 Å². The van der Waals surface area contributed by atoms with Crippen LogP contribution in [0.1, 0.15) is 15.2 Å². The summed E-state index contributed by atoms with van der Waals surface area (Å²) in [6, 6.07) is 18.2. The van der Waals surface area contributed by atoms with Crippen molar-refractivity contribution in [1.29, 1.82) is 0 Å². The second kappa shape index (κ2) is 8.33. The van der Waals surface area contributed by atoms with E-state index in [1.165, 1.54) is 16.9 Å². The summed E-state index contributed by atoms with van der Waals surface area (Å²) >= 11 is 1.42. The van der Waals surface area contributed by atoms with E-state index >= 15 is 0 Å². The summed E-state index contributed by atoms with van der Waals surface area (Å²) in [6.07, 6.45) is 1.84. The summed E-state index contributed by atoms with van der Waals surface area (Å²) in [5, 5.41) is 4.73. The highest BCUT2D eigenvalue weighted by Crippen LogP contribution is 2.19. The number of carbonyl (C=O) groups excluding carboxylic acids is 1. The van der Waals surface area contributed by atoms with Crippen LogP contribution in [0.15, 0.2) is 66.2 Å². The van der Waals surface area contributed by atoms with E-state index in [0.717, 1.165) is 38.4 Å². The van der Waals surface area contributed by atoms with E-state index in [9.17, 15) is 4.79 Å². The number of amides is 1. The highest BCUT2D eigenvalue weighted by molar-refractivity contribution is 7.12. The molecule has 3 heterocycles. The molecule has 1 aromatic carbocycles. The third kappa shape index (κ3) is 4.53. The number of rotatable bonds is 5. The van der Waals surface area contributed by atoms with E-state index in [4.69, 9.17) is 0 Å². The maximum Gasteiger partial charge on any atom is 0.266 e. The van der Waals surface area contributed by atoms with Gasteiger partial charge in [0.15, 0.2) is 0 Å². The second-order valence-corrected chi connectivity index (χ2v) is 7.53. The molecule has 0 bridgehead atoms. The first kappa shape index (κ1) is 17.7. The number of thiophene rings is 1. The quantitative estimate of drug-likeness (QED) is 0.735. The maximum absolute atomic E-state index is 12.1. The summed E-state index contributed by atoms with van der Waals surface area (Å²) in [6.45, 7) is 5.03. The zero-order chi connectivity index (χ0) is 18.5. The Bertz CT molecular complexity index is 857. The number of anilines is 2. The molecule has 1 amide bonds. The van der Waals surface area contributed by atoms with Crippen molar-refractivity contribution in [1.82, 2.24) is 9.88 Å². The first-order valence-electron chi connectivity index (χ1n) is 9.10. The Balaban J connectivity index is 1.30. The van der Waals surface area contributed by atoms with Gasteiger partial charge in [-0.3, -0.25) is 9.69 Å². The van der Waals surface area contributed by atoms with Crippen molar-refractivity contribution >= 4 is 28.7 Å². The van der Waals surface area contributed by atoms with Crippen molar-refractivity contribution in [3.63, 3.8) is 0 Å². The molecule has 6 heteroatoms. The lowest BCUT2D eigenvalue weighted by atomic mass is 10.2. The Morgan fingerprint density at radius 3 is 2.48 bits per heavy atom. The highest BCUT2D eigenvalue weighted by Gasteiger charge is 2.17. The van der Waals surface area contributed by atoms with E-state index in [1.807, 2.05) is 35.8 Å². The number of pyridine rings is 1. The molecule has 138 valence electrons. The number of carbonyl (C=O) groups is 1. The van der Waals surface area contributed by atoms with E-state index < -0.39 is 0 Å². The minimum absolute atomic E-state index is 0.111. The molecule has 0 unspecified atom stereocenters. The molecule has 0 radical (unpaired) electrons. The molecule has 4 rings (SSSR count). The average molecular weight is 379 g/mol. The maximum atomic E-state index is 12.1. The van der Waals surface area contributed by atoms with E-state index in [2.05, 4.69) is 50.4 Å². The Morgan fingerprint density at radius 2 is 1.81 bits per heavy atom. The minimum atomic E-state index is -0.111. The smallest absolute Gasteiger partial charge is 0.266 e. The Hall–Kier alpha value is -2.70. The fourth-order valence-electron chi connectivity index (χ4n) is 3.24. The number of hydrogen-bond acceptors (Lipinski definition) is 5. The molecule has 1 fully saturated rings. The van der Waals surface area contributed by atoms with Crippen LogP contribution >= 0.6 is 11.3 Å². The van der Waals surface area contributed by atoms with Gasteiger partial charge in [-0.25, -0.2) is 4.98 Å². The van der Waals surface area contributed by atoms with Crippen LogP contribution in [0.25, 0.3) is 0 Å². The van der Waals surface area contributed by atoms with E-state index in [0.29, 0.717) is 10.7 Å². The van der Waals surface area contributed by atoms with Gasteiger partial charge < -0.3 is 10.2 Å². The van der Waals surface area contributed by atoms with Crippen LogP contribution in [0.3, 0.4) is 0 Å². The van der Waals surface area contributed by atoms with Crippen LogP contribution in [-0.4, -0.2) is 42.0 Å². The topological polar surface area (TPSA) is 48.5 Å². The molecule has 0 atom stereocenters. The molecule has 27 heavy (non-hydrogen) atoms. The number of nitrogens with one attached hydrogen (secondary N) is 1. The largest absolute Gasteiger partial charge is 0.368 e. The molecular weight excluding hydrogens is 356 g/mol. The molecule has 0 spiro atoms. The Kier molecular flexibility index (Phi) is 5.46. The van der Waals surface area contributed by atoms with Crippen LogP contribution in [0.5, 0.6) is 0 Å². The van der Waals surface area contributed by atoms with Gasteiger partial charge in [0.1, 0.15) is 5.82 Å². The molecule has 1 aliphatic heterocycles. The molecular formula is C21H22N4OS. The van der Waals surface area contributed by atoms with Crippen molar-refractivity contribution in [3.05, 3.63) is 76.6 Å². The monoisotopic (exact) mass is 378 g/mol. The van der Waals surface area contributed by atoms with Crippen molar-refractivity contribution in [3.8, 4) is 0 Å². The molecule has 1 aliphatic rings. The zero-order valence-electron chi connectivity index (χ0n) is 15.0. The van der Waals surface area contributed by atoms with Crippen LogP contribution in [0, 0.1) is 0 Å². The number of benzene rings is 1. The lowest BCUT2D eigenvalue weighted by Crippen LogP contribution is -2.46. The first-order valence-corrected chi connectivity index (χ1v) is 9.98. The lowest BCUT2D eigenvalue weighted by Gasteiger charge is -2.36. The summed E-state index contributed by atoms with van der Waals surface area (Å²) in [4.78, 5) is 22.0. The molecule has 0 saturated carbocycles. The Morgan fingerprint density at radius 1 is 1.00 bits per heavy atom. The van der Waals surface area contributed by atoms with E-state index in [1.54, 1.807) is 0 Å².